The van der Waals surface area contributed by atoms with E-state index in [9.17, 15) is 9.59 Å². The van der Waals surface area contributed by atoms with E-state index in [-0.39, 0.29) is 11.3 Å². The quantitative estimate of drug-likeness (QED) is 0.883. The number of amides is 2. The largest absolute Gasteiger partial charge is 0.478 e. The Labute approximate surface area is 129 Å². The minimum absolute atomic E-state index is 0.0226. The molecule has 1 aromatic carbocycles. The van der Waals surface area contributed by atoms with Gasteiger partial charge in [0.05, 0.1) is 30.3 Å². The molecule has 2 rings (SSSR count). The van der Waals surface area contributed by atoms with E-state index in [1.54, 1.807) is 25.4 Å². The summed E-state index contributed by atoms with van der Waals surface area (Å²) < 4.78 is 5.57. The zero-order chi connectivity index (χ0) is 15.4. The van der Waals surface area contributed by atoms with Crippen molar-refractivity contribution in [2.24, 2.45) is 0 Å². The fourth-order valence-electron chi connectivity index (χ4n) is 1.74. The number of nitrogens with zero attached hydrogens (tertiary/aromatic N) is 1. The number of urea groups is 1. The summed E-state index contributed by atoms with van der Waals surface area (Å²) in [5.41, 5.74) is 1.12. The summed E-state index contributed by atoms with van der Waals surface area (Å²) in [6, 6.07) is 6.00. The number of halogens is 1. The van der Waals surface area contributed by atoms with Gasteiger partial charge in [-0.1, -0.05) is 15.9 Å². The number of aromatic carboxylic acids is 1. The Kier molecular flexibility index (Phi) is 4.64. The van der Waals surface area contributed by atoms with Crippen molar-refractivity contribution in [2.75, 3.05) is 12.4 Å². The highest BCUT2D eigenvalue weighted by molar-refractivity contribution is 9.10. The first kappa shape index (κ1) is 15.1. The van der Waals surface area contributed by atoms with Crippen LogP contribution in [-0.4, -0.2) is 29.1 Å². The van der Waals surface area contributed by atoms with E-state index in [0.29, 0.717) is 11.0 Å². The number of hydrogen-bond donors (Lipinski definition) is 2. The van der Waals surface area contributed by atoms with Gasteiger partial charge in [0.1, 0.15) is 0 Å². The van der Waals surface area contributed by atoms with Crippen LogP contribution in [0.1, 0.15) is 15.9 Å². The van der Waals surface area contributed by atoms with Crippen LogP contribution in [0, 0.1) is 0 Å². The van der Waals surface area contributed by atoms with E-state index in [2.05, 4.69) is 21.2 Å². The minimum atomic E-state index is -1.11. The molecule has 7 heteroatoms. The van der Waals surface area contributed by atoms with E-state index in [1.807, 2.05) is 0 Å². The molecule has 21 heavy (non-hydrogen) atoms. The van der Waals surface area contributed by atoms with Gasteiger partial charge in [-0.15, -0.1) is 0 Å². The molecule has 2 N–H and O–H groups in total. The molecule has 0 aliphatic heterocycles. The molecule has 0 saturated heterocycles. The van der Waals surface area contributed by atoms with E-state index < -0.39 is 12.0 Å². The topological polar surface area (TPSA) is 82.8 Å². The number of hydrogen-bond acceptors (Lipinski definition) is 3. The molecule has 0 spiro atoms. The summed E-state index contributed by atoms with van der Waals surface area (Å²) in [7, 11) is 1.61. The molecule has 0 fully saturated rings. The standard InChI is InChI=1S/C14H13BrN2O4/c1-17(7-9-4-5-21-8-9)14(20)16-12-3-2-10(15)6-11(12)13(18)19/h2-6,8H,7H2,1H3,(H,16,20)(H,18,19). The van der Waals surface area contributed by atoms with E-state index in [0.717, 1.165) is 5.56 Å². The first-order valence-electron chi connectivity index (χ1n) is 6.03. The lowest BCUT2D eigenvalue weighted by atomic mass is 10.2. The van der Waals surface area contributed by atoms with Gasteiger partial charge in [0.25, 0.3) is 0 Å². The molecule has 0 radical (unpaired) electrons. The Hall–Kier alpha value is -2.28. The molecule has 2 aromatic rings. The van der Waals surface area contributed by atoms with Crippen molar-refractivity contribution >= 4 is 33.6 Å². The Morgan fingerprint density at radius 3 is 2.76 bits per heavy atom. The summed E-state index contributed by atoms with van der Waals surface area (Å²) in [4.78, 5) is 24.7. The summed E-state index contributed by atoms with van der Waals surface area (Å²) in [6.07, 6.45) is 3.07. The number of rotatable bonds is 4. The Balaban J connectivity index is 2.10. The van der Waals surface area contributed by atoms with Gasteiger partial charge < -0.3 is 19.7 Å². The minimum Gasteiger partial charge on any atom is -0.478 e. The molecule has 0 aliphatic rings. The second-order valence-electron chi connectivity index (χ2n) is 4.41. The second-order valence-corrected chi connectivity index (χ2v) is 5.33. The number of carbonyl (C=O) groups excluding carboxylic acids is 1. The number of carboxylic acid groups (broad SMARTS) is 1. The molecule has 0 unspecified atom stereocenters. The predicted molar refractivity (Wildman–Crippen MR) is 80.3 cm³/mol. The summed E-state index contributed by atoms with van der Waals surface area (Å²) in [6.45, 7) is 0.362. The maximum absolute atomic E-state index is 12.1. The summed E-state index contributed by atoms with van der Waals surface area (Å²) >= 11 is 3.20. The molecule has 0 atom stereocenters. The van der Waals surface area contributed by atoms with Crippen LogP contribution in [0.3, 0.4) is 0 Å². The molecule has 1 aromatic heterocycles. The first-order valence-corrected chi connectivity index (χ1v) is 6.82. The van der Waals surface area contributed by atoms with Crippen LogP contribution >= 0.6 is 15.9 Å². The van der Waals surface area contributed by atoms with Gasteiger partial charge in [-0.25, -0.2) is 9.59 Å². The Morgan fingerprint density at radius 2 is 2.14 bits per heavy atom. The highest BCUT2D eigenvalue weighted by atomic mass is 79.9. The van der Waals surface area contributed by atoms with Crippen LogP contribution in [-0.2, 0) is 6.54 Å². The van der Waals surface area contributed by atoms with Gasteiger partial charge in [-0.2, -0.15) is 0 Å². The molecular formula is C14H13BrN2O4. The maximum atomic E-state index is 12.1. The van der Waals surface area contributed by atoms with Crippen LogP contribution in [0.25, 0.3) is 0 Å². The highest BCUT2D eigenvalue weighted by Crippen LogP contribution is 2.21. The highest BCUT2D eigenvalue weighted by Gasteiger charge is 2.15. The van der Waals surface area contributed by atoms with Crippen LogP contribution in [0.4, 0.5) is 10.5 Å². The fraction of sp³-hybridized carbons (Fsp3) is 0.143. The van der Waals surface area contributed by atoms with Crippen molar-refractivity contribution in [3.05, 3.63) is 52.4 Å². The molecule has 0 saturated carbocycles. The first-order chi connectivity index (χ1) is 9.97. The van der Waals surface area contributed by atoms with Gasteiger partial charge in [-0.3, -0.25) is 0 Å². The fourth-order valence-corrected chi connectivity index (χ4v) is 2.10. The number of anilines is 1. The molecule has 0 aliphatic carbocycles. The zero-order valence-electron chi connectivity index (χ0n) is 11.2. The van der Waals surface area contributed by atoms with Crippen molar-refractivity contribution in [3.8, 4) is 0 Å². The zero-order valence-corrected chi connectivity index (χ0v) is 12.8. The summed E-state index contributed by atoms with van der Waals surface area (Å²) in [5.74, 6) is -1.11. The van der Waals surface area contributed by atoms with Crippen molar-refractivity contribution in [2.45, 2.75) is 6.54 Å². The van der Waals surface area contributed by atoms with E-state index in [1.165, 1.54) is 23.3 Å². The van der Waals surface area contributed by atoms with Crippen LogP contribution < -0.4 is 5.32 Å². The number of carboxylic acids is 1. The number of carbonyl (C=O) groups is 2. The molecule has 0 bridgehead atoms. The van der Waals surface area contributed by atoms with Gasteiger partial charge in [0.15, 0.2) is 0 Å². The number of benzene rings is 1. The van der Waals surface area contributed by atoms with Crippen molar-refractivity contribution in [1.29, 1.82) is 0 Å². The van der Waals surface area contributed by atoms with Gasteiger partial charge in [-0.05, 0) is 24.3 Å². The maximum Gasteiger partial charge on any atom is 0.337 e. The lowest BCUT2D eigenvalue weighted by molar-refractivity contribution is 0.0698. The average Bonchev–Trinajstić information content (AvgIpc) is 2.93. The SMILES string of the molecule is CN(Cc1ccoc1)C(=O)Nc1ccc(Br)cc1C(=O)O. The van der Waals surface area contributed by atoms with Crippen LogP contribution in [0.15, 0.2) is 45.7 Å². The monoisotopic (exact) mass is 352 g/mol. The number of nitrogens with one attached hydrogen (secondary N) is 1. The van der Waals surface area contributed by atoms with Crippen molar-refractivity contribution in [3.63, 3.8) is 0 Å². The molecule has 110 valence electrons. The molecule has 1 heterocycles. The molecular weight excluding hydrogens is 340 g/mol. The third kappa shape index (κ3) is 3.85. The van der Waals surface area contributed by atoms with Gasteiger partial charge in [0, 0.05) is 17.1 Å². The predicted octanol–water partition coefficient (Wildman–Crippen LogP) is 3.40. The third-order valence-corrected chi connectivity index (χ3v) is 3.29. The van der Waals surface area contributed by atoms with Crippen LogP contribution in [0.2, 0.25) is 0 Å². The molecule has 6 nitrogen and oxygen atoms in total. The van der Waals surface area contributed by atoms with E-state index in [4.69, 9.17) is 9.52 Å². The Morgan fingerprint density at radius 1 is 1.38 bits per heavy atom. The normalized spacial score (nSPS) is 10.2. The van der Waals surface area contributed by atoms with Gasteiger partial charge >= 0.3 is 12.0 Å². The summed E-state index contributed by atoms with van der Waals surface area (Å²) in [5, 5.41) is 11.7. The molecule has 2 amide bonds. The lowest BCUT2D eigenvalue weighted by Gasteiger charge is -2.18. The lowest BCUT2D eigenvalue weighted by Crippen LogP contribution is -2.31. The van der Waals surface area contributed by atoms with Crippen LogP contribution in [0.5, 0.6) is 0 Å². The second kappa shape index (κ2) is 6.45. The van der Waals surface area contributed by atoms with Crippen molar-refractivity contribution in [1.82, 2.24) is 4.90 Å². The third-order valence-electron chi connectivity index (χ3n) is 2.80. The smallest absolute Gasteiger partial charge is 0.337 e. The number of furan rings is 1. The van der Waals surface area contributed by atoms with E-state index >= 15 is 0 Å². The van der Waals surface area contributed by atoms with Gasteiger partial charge in [0.2, 0.25) is 0 Å². The van der Waals surface area contributed by atoms with Crippen molar-refractivity contribution < 1.29 is 19.1 Å². The average molecular weight is 353 g/mol. The Bertz CT molecular complexity index is 655.